The SMILES string of the molecule is CC1C(C(=O)O)CCN1Cc1ccc2c(c1)CCC2. The van der Waals surface area contributed by atoms with E-state index in [-0.39, 0.29) is 12.0 Å². The highest BCUT2D eigenvalue weighted by molar-refractivity contribution is 5.71. The molecule has 2 atom stereocenters. The van der Waals surface area contributed by atoms with E-state index in [0.29, 0.717) is 0 Å². The third-order valence-electron chi connectivity index (χ3n) is 4.75. The number of benzene rings is 1. The summed E-state index contributed by atoms with van der Waals surface area (Å²) in [6, 6.07) is 6.94. The van der Waals surface area contributed by atoms with Crippen molar-refractivity contribution in [3.63, 3.8) is 0 Å². The number of nitrogens with zero attached hydrogens (tertiary/aromatic N) is 1. The van der Waals surface area contributed by atoms with E-state index in [1.54, 1.807) is 0 Å². The van der Waals surface area contributed by atoms with Crippen LogP contribution in [0.5, 0.6) is 0 Å². The zero-order chi connectivity index (χ0) is 13.4. The second kappa shape index (κ2) is 4.97. The molecule has 3 heteroatoms. The highest BCUT2D eigenvalue weighted by Crippen LogP contribution is 2.28. The summed E-state index contributed by atoms with van der Waals surface area (Å²) in [4.78, 5) is 13.4. The van der Waals surface area contributed by atoms with E-state index in [9.17, 15) is 4.79 Å². The van der Waals surface area contributed by atoms with Crippen LogP contribution in [-0.4, -0.2) is 28.6 Å². The zero-order valence-electron chi connectivity index (χ0n) is 11.4. The Kier molecular flexibility index (Phi) is 3.31. The first-order chi connectivity index (χ1) is 9.15. The fourth-order valence-corrected chi connectivity index (χ4v) is 3.52. The van der Waals surface area contributed by atoms with Crippen LogP contribution in [0.25, 0.3) is 0 Å². The van der Waals surface area contributed by atoms with Gasteiger partial charge in [0.2, 0.25) is 0 Å². The summed E-state index contributed by atoms with van der Waals surface area (Å²) < 4.78 is 0. The number of carbonyl (C=O) groups is 1. The minimum Gasteiger partial charge on any atom is -0.481 e. The molecule has 3 rings (SSSR count). The lowest BCUT2D eigenvalue weighted by Gasteiger charge is -2.23. The van der Waals surface area contributed by atoms with Crippen LogP contribution in [0.15, 0.2) is 18.2 Å². The third-order valence-corrected chi connectivity index (χ3v) is 4.75. The topological polar surface area (TPSA) is 40.5 Å². The first-order valence-corrected chi connectivity index (χ1v) is 7.22. The summed E-state index contributed by atoms with van der Waals surface area (Å²) in [5.41, 5.74) is 4.33. The standard InChI is InChI=1S/C16H21NO2/c1-11-15(16(18)19)7-8-17(11)10-12-5-6-13-3-2-4-14(13)9-12/h5-6,9,11,15H,2-4,7-8,10H2,1H3,(H,18,19). The first kappa shape index (κ1) is 12.7. The van der Waals surface area contributed by atoms with E-state index in [1.165, 1.54) is 36.0 Å². The number of aryl methyl sites for hydroxylation is 2. The Hall–Kier alpha value is -1.35. The average molecular weight is 259 g/mol. The van der Waals surface area contributed by atoms with Crippen LogP contribution in [0.2, 0.25) is 0 Å². The molecule has 1 N–H and O–H groups in total. The monoisotopic (exact) mass is 259 g/mol. The van der Waals surface area contributed by atoms with Gasteiger partial charge in [0.15, 0.2) is 0 Å². The smallest absolute Gasteiger partial charge is 0.308 e. The van der Waals surface area contributed by atoms with Gasteiger partial charge >= 0.3 is 5.97 Å². The van der Waals surface area contributed by atoms with Crippen molar-refractivity contribution in [1.82, 2.24) is 4.90 Å². The van der Waals surface area contributed by atoms with Crippen LogP contribution < -0.4 is 0 Å². The molecular formula is C16H21NO2. The molecule has 1 aliphatic heterocycles. The van der Waals surface area contributed by atoms with Gasteiger partial charge in [-0.25, -0.2) is 0 Å². The maximum Gasteiger partial charge on any atom is 0.308 e. The predicted molar refractivity (Wildman–Crippen MR) is 74.1 cm³/mol. The van der Waals surface area contributed by atoms with Crippen molar-refractivity contribution in [2.75, 3.05) is 6.54 Å². The summed E-state index contributed by atoms with van der Waals surface area (Å²) in [6.45, 7) is 3.83. The largest absolute Gasteiger partial charge is 0.481 e. The van der Waals surface area contributed by atoms with E-state index in [4.69, 9.17) is 5.11 Å². The number of aliphatic carboxylic acids is 1. The van der Waals surface area contributed by atoms with E-state index in [0.717, 1.165) is 19.5 Å². The Bertz CT molecular complexity index is 498. The van der Waals surface area contributed by atoms with Crippen molar-refractivity contribution in [2.24, 2.45) is 5.92 Å². The molecule has 102 valence electrons. The lowest BCUT2D eigenvalue weighted by molar-refractivity contribution is -0.142. The molecule has 2 aliphatic rings. The molecule has 2 unspecified atom stereocenters. The van der Waals surface area contributed by atoms with Gasteiger partial charge in [0.05, 0.1) is 5.92 Å². The van der Waals surface area contributed by atoms with Crippen LogP contribution in [-0.2, 0) is 24.2 Å². The molecular weight excluding hydrogens is 238 g/mol. The summed E-state index contributed by atoms with van der Waals surface area (Å²) in [5, 5.41) is 9.17. The van der Waals surface area contributed by atoms with Gasteiger partial charge in [-0.2, -0.15) is 0 Å². The molecule has 1 aliphatic carbocycles. The Morgan fingerprint density at radius 1 is 1.37 bits per heavy atom. The molecule has 0 amide bonds. The zero-order valence-corrected chi connectivity index (χ0v) is 11.4. The van der Waals surface area contributed by atoms with Crippen LogP contribution >= 0.6 is 0 Å². The number of carboxylic acids is 1. The number of carboxylic acid groups (broad SMARTS) is 1. The summed E-state index contributed by atoms with van der Waals surface area (Å²) in [6.07, 6.45) is 4.48. The fourth-order valence-electron chi connectivity index (χ4n) is 3.52. The molecule has 0 aromatic heterocycles. The molecule has 1 saturated heterocycles. The average Bonchev–Trinajstić information content (AvgIpc) is 2.96. The molecule has 3 nitrogen and oxygen atoms in total. The molecule has 0 spiro atoms. The van der Waals surface area contributed by atoms with Crippen molar-refractivity contribution in [1.29, 1.82) is 0 Å². The van der Waals surface area contributed by atoms with Crippen LogP contribution in [0.4, 0.5) is 0 Å². The molecule has 1 heterocycles. The normalized spacial score (nSPS) is 26.6. The van der Waals surface area contributed by atoms with Crippen LogP contribution in [0.3, 0.4) is 0 Å². The number of likely N-dealkylation sites (tertiary alicyclic amines) is 1. The maximum absolute atomic E-state index is 11.1. The van der Waals surface area contributed by atoms with Crippen molar-refractivity contribution in [3.8, 4) is 0 Å². The summed E-state index contributed by atoms with van der Waals surface area (Å²) >= 11 is 0. The number of hydrogen-bond acceptors (Lipinski definition) is 2. The Morgan fingerprint density at radius 3 is 2.89 bits per heavy atom. The van der Waals surface area contributed by atoms with Gasteiger partial charge < -0.3 is 5.11 Å². The molecule has 1 fully saturated rings. The van der Waals surface area contributed by atoms with Gasteiger partial charge in [-0.05, 0) is 55.8 Å². The lowest BCUT2D eigenvalue weighted by atomic mass is 10.0. The van der Waals surface area contributed by atoms with Gasteiger partial charge in [-0.15, -0.1) is 0 Å². The molecule has 0 bridgehead atoms. The van der Waals surface area contributed by atoms with Gasteiger partial charge in [0.25, 0.3) is 0 Å². The number of rotatable bonds is 3. The van der Waals surface area contributed by atoms with E-state index in [1.807, 2.05) is 6.92 Å². The third kappa shape index (κ3) is 2.39. The number of fused-ring (bicyclic) bond motifs is 1. The Labute approximate surface area is 114 Å². The van der Waals surface area contributed by atoms with Crippen molar-refractivity contribution in [3.05, 3.63) is 34.9 Å². The first-order valence-electron chi connectivity index (χ1n) is 7.22. The van der Waals surface area contributed by atoms with Crippen molar-refractivity contribution < 1.29 is 9.90 Å². The Morgan fingerprint density at radius 2 is 2.16 bits per heavy atom. The molecule has 0 saturated carbocycles. The van der Waals surface area contributed by atoms with Gasteiger partial charge in [-0.3, -0.25) is 9.69 Å². The predicted octanol–water partition coefficient (Wildman–Crippen LogP) is 2.47. The quantitative estimate of drug-likeness (QED) is 0.906. The van der Waals surface area contributed by atoms with Crippen molar-refractivity contribution in [2.45, 2.75) is 45.2 Å². The molecule has 0 radical (unpaired) electrons. The lowest BCUT2D eigenvalue weighted by Crippen LogP contribution is -2.32. The summed E-state index contributed by atoms with van der Waals surface area (Å²) in [5.74, 6) is -0.849. The van der Waals surface area contributed by atoms with Gasteiger partial charge in [-0.1, -0.05) is 18.2 Å². The number of hydrogen-bond donors (Lipinski definition) is 1. The summed E-state index contributed by atoms with van der Waals surface area (Å²) in [7, 11) is 0. The minimum absolute atomic E-state index is 0.144. The van der Waals surface area contributed by atoms with E-state index >= 15 is 0 Å². The second-order valence-electron chi connectivity index (χ2n) is 5.90. The minimum atomic E-state index is -0.649. The van der Waals surface area contributed by atoms with Gasteiger partial charge in [0.1, 0.15) is 0 Å². The van der Waals surface area contributed by atoms with Crippen molar-refractivity contribution >= 4 is 5.97 Å². The highest BCUT2D eigenvalue weighted by atomic mass is 16.4. The second-order valence-corrected chi connectivity index (χ2v) is 5.90. The van der Waals surface area contributed by atoms with Gasteiger partial charge in [0, 0.05) is 12.6 Å². The molecule has 19 heavy (non-hydrogen) atoms. The molecule has 1 aromatic carbocycles. The highest BCUT2D eigenvalue weighted by Gasteiger charge is 2.35. The van der Waals surface area contributed by atoms with E-state index < -0.39 is 5.97 Å². The van der Waals surface area contributed by atoms with E-state index in [2.05, 4.69) is 23.1 Å². The Balaban J connectivity index is 1.70. The maximum atomic E-state index is 11.1. The fraction of sp³-hybridized carbons (Fsp3) is 0.562. The van der Waals surface area contributed by atoms with Crippen LogP contribution in [0.1, 0.15) is 36.5 Å². The molecule has 1 aromatic rings. The van der Waals surface area contributed by atoms with Crippen LogP contribution in [0, 0.1) is 5.92 Å².